The molecule has 3 aromatic rings. The Morgan fingerprint density at radius 3 is 2.53 bits per heavy atom. The van der Waals surface area contributed by atoms with Crippen LogP contribution in [0.1, 0.15) is 23.3 Å². The number of imide groups is 1. The topological polar surface area (TPSA) is 85.7 Å². The zero-order chi connectivity index (χ0) is 24.0. The van der Waals surface area contributed by atoms with E-state index in [9.17, 15) is 19.2 Å². The lowest BCUT2D eigenvalue weighted by Gasteiger charge is -2.30. The SMILES string of the molecule is CCOC(=O)Cn1c2c(sc1=O)C(c1cccc(Br)c1)C1C(=O)N(c3ccccc3)C(=O)C1S2. The highest BCUT2D eigenvalue weighted by atomic mass is 79.9. The zero-order valence-electron chi connectivity index (χ0n) is 18.0. The fourth-order valence-corrected chi connectivity index (χ4v) is 7.67. The smallest absolute Gasteiger partial charge is 0.326 e. The van der Waals surface area contributed by atoms with Gasteiger partial charge in [0, 0.05) is 15.3 Å². The van der Waals surface area contributed by atoms with Crippen LogP contribution < -0.4 is 9.77 Å². The summed E-state index contributed by atoms with van der Waals surface area (Å²) in [6.45, 7) is 1.67. The van der Waals surface area contributed by atoms with Crippen LogP contribution in [0.3, 0.4) is 0 Å². The third kappa shape index (κ3) is 3.83. The molecule has 0 bridgehead atoms. The standard InChI is InChI=1S/C24H19BrN2O5S2/c1-2-32-16(28)12-26-23-20(34-24(26)31)17(13-7-6-8-14(25)11-13)18-19(33-23)22(30)27(21(18)29)15-9-4-3-5-10-15/h3-11,17-19H,2,12H2,1H3. The fraction of sp³-hybridized carbons (Fsp3) is 0.250. The van der Waals surface area contributed by atoms with E-state index in [0.29, 0.717) is 15.6 Å². The summed E-state index contributed by atoms with van der Waals surface area (Å²) in [5.41, 5.74) is 1.35. The molecule has 7 nitrogen and oxygen atoms in total. The number of nitrogens with zero attached hydrogens (tertiary/aromatic N) is 2. The minimum Gasteiger partial charge on any atom is -0.465 e. The maximum atomic E-state index is 13.7. The summed E-state index contributed by atoms with van der Waals surface area (Å²) in [5.74, 6) is -2.30. The largest absolute Gasteiger partial charge is 0.465 e. The number of benzene rings is 2. The van der Waals surface area contributed by atoms with Crippen LogP contribution in [0.25, 0.3) is 0 Å². The van der Waals surface area contributed by atoms with Crippen molar-refractivity contribution < 1.29 is 19.1 Å². The van der Waals surface area contributed by atoms with Crippen molar-refractivity contribution in [3.8, 4) is 0 Å². The Bertz CT molecular complexity index is 1350. The Balaban J connectivity index is 1.66. The lowest BCUT2D eigenvalue weighted by atomic mass is 9.83. The normalized spacial score (nSPS) is 21.4. The van der Waals surface area contributed by atoms with Crippen molar-refractivity contribution in [1.29, 1.82) is 0 Å². The Morgan fingerprint density at radius 2 is 1.82 bits per heavy atom. The molecular formula is C24H19BrN2O5S2. The highest BCUT2D eigenvalue weighted by molar-refractivity contribution is 9.10. The number of thioether (sulfide) groups is 1. The van der Waals surface area contributed by atoms with Gasteiger partial charge in [0.15, 0.2) is 0 Å². The number of amides is 2. The molecule has 1 fully saturated rings. The molecule has 1 aromatic heterocycles. The van der Waals surface area contributed by atoms with Crippen molar-refractivity contribution in [3.63, 3.8) is 0 Å². The summed E-state index contributed by atoms with van der Waals surface area (Å²) in [6, 6.07) is 16.4. The quantitative estimate of drug-likeness (QED) is 0.347. The molecule has 174 valence electrons. The first-order chi connectivity index (χ1) is 16.4. The van der Waals surface area contributed by atoms with Gasteiger partial charge in [0.25, 0.3) is 0 Å². The van der Waals surface area contributed by atoms with Gasteiger partial charge in [-0.1, -0.05) is 69.4 Å². The van der Waals surface area contributed by atoms with Crippen LogP contribution >= 0.6 is 39.0 Å². The zero-order valence-corrected chi connectivity index (χ0v) is 21.2. The molecule has 3 heterocycles. The summed E-state index contributed by atoms with van der Waals surface area (Å²) >= 11 is 5.70. The molecule has 34 heavy (non-hydrogen) atoms. The van der Waals surface area contributed by atoms with E-state index in [4.69, 9.17) is 4.74 Å². The Morgan fingerprint density at radius 1 is 1.06 bits per heavy atom. The first kappa shape index (κ1) is 23.1. The molecule has 5 rings (SSSR count). The summed E-state index contributed by atoms with van der Waals surface area (Å²) in [5, 5.41) is -0.169. The van der Waals surface area contributed by atoms with Crippen molar-refractivity contribution in [2.24, 2.45) is 5.92 Å². The van der Waals surface area contributed by atoms with E-state index in [-0.39, 0.29) is 29.8 Å². The lowest BCUT2D eigenvalue weighted by molar-refractivity contribution is -0.144. The Hall–Kier alpha value is -2.69. The van der Waals surface area contributed by atoms with E-state index in [1.165, 1.54) is 21.2 Å². The third-order valence-corrected chi connectivity index (χ3v) is 8.96. The number of para-hydroxylation sites is 1. The summed E-state index contributed by atoms with van der Waals surface area (Å²) in [4.78, 5) is 54.0. The van der Waals surface area contributed by atoms with Crippen molar-refractivity contribution in [3.05, 3.63) is 79.2 Å². The predicted octanol–water partition coefficient (Wildman–Crippen LogP) is 4.03. The molecule has 2 amide bonds. The number of anilines is 1. The maximum absolute atomic E-state index is 13.7. The third-order valence-electron chi connectivity index (χ3n) is 5.86. The lowest BCUT2D eigenvalue weighted by Crippen LogP contribution is -2.32. The van der Waals surface area contributed by atoms with Gasteiger partial charge in [-0.2, -0.15) is 0 Å². The Labute approximate surface area is 211 Å². The van der Waals surface area contributed by atoms with E-state index >= 15 is 0 Å². The molecule has 2 aliphatic rings. The van der Waals surface area contributed by atoms with Gasteiger partial charge in [0.2, 0.25) is 11.8 Å². The summed E-state index contributed by atoms with van der Waals surface area (Å²) in [6.07, 6.45) is 0. The van der Waals surface area contributed by atoms with Crippen LogP contribution in [0.5, 0.6) is 0 Å². The number of esters is 1. The minimum atomic E-state index is -0.716. The summed E-state index contributed by atoms with van der Waals surface area (Å²) < 4.78 is 7.25. The number of rotatable bonds is 5. The molecule has 2 aliphatic heterocycles. The number of carbonyl (C=O) groups is 3. The maximum Gasteiger partial charge on any atom is 0.326 e. The number of carbonyl (C=O) groups excluding carboxylic acids is 3. The van der Waals surface area contributed by atoms with Crippen LogP contribution in [0.4, 0.5) is 5.69 Å². The number of hydrogen-bond donors (Lipinski definition) is 0. The molecule has 0 N–H and O–H groups in total. The number of thiazole rings is 1. The minimum absolute atomic E-state index is 0.206. The van der Waals surface area contributed by atoms with Gasteiger partial charge in [0.05, 0.1) is 23.2 Å². The van der Waals surface area contributed by atoms with Gasteiger partial charge < -0.3 is 4.74 Å². The molecule has 2 aromatic carbocycles. The van der Waals surface area contributed by atoms with E-state index in [1.807, 2.05) is 30.3 Å². The second-order valence-corrected chi connectivity index (χ2v) is 10.9. The van der Waals surface area contributed by atoms with Gasteiger partial charge in [-0.15, -0.1) is 0 Å². The number of hydrogen-bond acceptors (Lipinski definition) is 7. The van der Waals surface area contributed by atoms with Crippen molar-refractivity contribution in [2.75, 3.05) is 11.5 Å². The van der Waals surface area contributed by atoms with Crippen molar-refractivity contribution in [2.45, 2.75) is 29.7 Å². The number of fused-ring (bicyclic) bond motifs is 2. The molecule has 0 spiro atoms. The molecule has 0 aliphatic carbocycles. The predicted molar refractivity (Wildman–Crippen MR) is 133 cm³/mol. The van der Waals surface area contributed by atoms with Crippen LogP contribution in [0.2, 0.25) is 0 Å². The van der Waals surface area contributed by atoms with Gasteiger partial charge in [0.1, 0.15) is 11.8 Å². The van der Waals surface area contributed by atoms with Gasteiger partial charge in [-0.25, -0.2) is 4.90 Å². The van der Waals surface area contributed by atoms with E-state index < -0.39 is 23.1 Å². The van der Waals surface area contributed by atoms with Gasteiger partial charge in [-0.05, 0) is 36.8 Å². The average molecular weight is 559 g/mol. The number of aromatic nitrogens is 1. The van der Waals surface area contributed by atoms with Gasteiger partial charge in [-0.3, -0.25) is 23.7 Å². The van der Waals surface area contributed by atoms with Crippen LogP contribution in [-0.4, -0.2) is 34.2 Å². The van der Waals surface area contributed by atoms with Crippen LogP contribution in [0, 0.1) is 5.92 Å². The highest BCUT2D eigenvalue weighted by Crippen LogP contribution is 2.54. The molecule has 0 radical (unpaired) electrons. The average Bonchev–Trinajstić information content (AvgIpc) is 3.26. The molecular weight excluding hydrogens is 540 g/mol. The molecule has 10 heteroatoms. The van der Waals surface area contributed by atoms with Crippen molar-refractivity contribution >= 4 is 62.5 Å². The number of ether oxygens (including phenoxy) is 1. The first-order valence-electron chi connectivity index (χ1n) is 10.6. The molecule has 0 saturated carbocycles. The van der Waals surface area contributed by atoms with E-state index in [2.05, 4.69) is 15.9 Å². The van der Waals surface area contributed by atoms with E-state index in [0.717, 1.165) is 21.4 Å². The number of halogens is 1. The van der Waals surface area contributed by atoms with E-state index in [1.54, 1.807) is 31.2 Å². The van der Waals surface area contributed by atoms with Crippen LogP contribution in [0.15, 0.2) is 68.9 Å². The van der Waals surface area contributed by atoms with Gasteiger partial charge >= 0.3 is 10.8 Å². The monoisotopic (exact) mass is 558 g/mol. The summed E-state index contributed by atoms with van der Waals surface area (Å²) in [7, 11) is 0. The second kappa shape index (κ2) is 9.16. The van der Waals surface area contributed by atoms with Crippen molar-refractivity contribution in [1.82, 2.24) is 4.57 Å². The fourth-order valence-electron chi connectivity index (χ4n) is 4.48. The Kier molecular flexibility index (Phi) is 6.22. The van der Waals surface area contributed by atoms with Crippen LogP contribution in [-0.2, 0) is 25.7 Å². The molecule has 1 saturated heterocycles. The highest BCUT2D eigenvalue weighted by Gasteiger charge is 2.56. The first-order valence-corrected chi connectivity index (χ1v) is 13.1. The second-order valence-electron chi connectivity index (χ2n) is 7.87. The molecule has 3 unspecified atom stereocenters. The molecule has 3 atom stereocenters.